The van der Waals surface area contributed by atoms with Crippen LogP contribution < -0.4 is 25.6 Å². The van der Waals surface area contributed by atoms with Gasteiger partial charge in [0.05, 0.1) is 24.3 Å². The van der Waals surface area contributed by atoms with E-state index in [2.05, 4.69) is 30.0 Å². The molecule has 11 nitrogen and oxygen atoms in total. The number of ether oxygens (including phenoxy) is 3. The number of amides is 2. The fourth-order valence-corrected chi connectivity index (χ4v) is 4.23. The van der Waals surface area contributed by atoms with E-state index in [9.17, 15) is 19.5 Å². The van der Waals surface area contributed by atoms with Crippen molar-refractivity contribution in [2.75, 3.05) is 34.4 Å². The molecule has 0 bridgehead atoms. The van der Waals surface area contributed by atoms with Crippen LogP contribution in [0, 0.1) is 11.8 Å². The molecule has 1 aromatic rings. The molecule has 0 saturated carbocycles. The van der Waals surface area contributed by atoms with Gasteiger partial charge in [0, 0.05) is 20.7 Å². The van der Waals surface area contributed by atoms with Crippen LogP contribution in [0.1, 0.15) is 66.4 Å². The molecule has 2 amide bonds. The van der Waals surface area contributed by atoms with Crippen LogP contribution in [0.4, 0.5) is 0 Å². The Morgan fingerprint density at radius 3 is 2.33 bits per heavy atom. The van der Waals surface area contributed by atoms with Gasteiger partial charge in [-0.2, -0.15) is 5.48 Å². The minimum Gasteiger partial charge on any atom is -0.493 e. The van der Waals surface area contributed by atoms with Gasteiger partial charge in [-0.25, -0.2) is 4.79 Å². The van der Waals surface area contributed by atoms with Crippen molar-refractivity contribution in [2.24, 2.45) is 11.8 Å². The van der Waals surface area contributed by atoms with Crippen molar-refractivity contribution >= 4 is 17.8 Å². The number of carbonyl (C=O) groups excluding carboxylic acids is 3. The first-order chi connectivity index (χ1) is 19.8. The highest BCUT2D eigenvalue weighted by molar-refractivity contribution is 5.87. The summed E-state index contributed by atoms with van der Waals surface area (Å²) in [4.78, 5) is 42.5. The monoisotopic (exact) mass is 593 g/mol. The third-order valence-electron chi connectivity index (χ3n) is 6.78. The van der Waals surface area contributed by atoms with Gasteiger partial charge >= 0.3 is 0 Å². The molecule has 0 aliphatic rings. The summed E-state index contributed by atoms with van der Waals surface area (Å²) in [5.74, 6) is 2.09. The maximum Gasteiger partial charge on any atom is 0.257 e. The van der Waals surface area contributed by atoms with E-state index in [1.807, 2.05) is 39.8 Å². The molecule has 1 rings (SSSR count). The van der Waals surface area contributed by atoms with Crippen LogP contribution in [0.2, 0.25) is 0 Å². The van der Waals surface area contributed by atoms with Gasteiger partial charge in [0.2, 0.25) is 0 Å². The van der Waals surface area contributed by atoms with E-state index < -0.39 is 29.8 Å². The number of benzene rings is 1. The smallest absolute Gasteiger partial charge is 0.257 e. The van der Waals surface area contributed by atoms with E-state index in [1.165, 1.54) is 21.3 Å². The van der Waals surface area contributed by atoms with Crippen LogP contribution in [0.25, 0.3) is 0 Å². The SMILES string of the molecule is CCCCNC(=O)[C@H](OC)C(=C=O)[C@H](O)[C@H](C[C@H](Cc1ccc(OC)c(OCC(=O)NC)c1)C(C)C)NOC(C)(C)C. The van der Waals surface area contributed by atoms with Crippen molar-refractivity contribution < 1.29 is 38.5 Å². The summed E-state index contributed by atoms with van der Waals surface area (Å²) in [5.41, 5.74) is 3.09. The summed E-state index contributed by atoms with van der Waals surface area (Å²) in [6.07, 6.45) is -0.0886. The van der Waals surface area contributed by atoms with Crippen molar-refractivity contribution in [1.82, 2.24) is 16.1 Å². The standard InChI is InChI=1S/C31H51N3O8/c1-10-11-14-33-30(38)29(40-9)23(18-35)28(37)24(34-42-31(4,5)6)17-22(20(2)3)15-21-12-13-25(39-8)26(16-21)41-19-27(36)32-7/h12-13,16,20,22,24,28-29,34,37H,10-11,14-15,17,19H2,1-9H3,(H,32,36)(H,33,38)/t22-,24-,28-,29+/m0/s1. The zero-order valence-electron chi connectivity index (χ0n) is 26.7. The molecule has 0 aliphatic heterocycles. The molecule has 1 aromatic carbocycles. The predicted molar refractivity (Wildman–Crippen MR) is 161 cm³/mol. The number of aliphatic hydroxyl groups is 1. The normalized spacial score (nSPS) is 14.4. The topological polar surface area (TPSA) is 144 Å². The summed E-state index contributed by atoms with van der Waals surface area (Å²) in [7, 11) is 4.38. The minimum atomic E-state index is -1.42. The number of methoxy groups -OCH3 is 2. The number of nitrogens with one attached hydrogen (secondary N) is 3. The molecule has 0 spiro atoms. The Balaban J connectivity index is 3.30. The van der Waals surface area contributed by atoms with E-state index in [0.717, 1.165) is 18.4 Å². The maximum absolute atomic E-state index is 12.8. The fraction of sp³-hybridized carbons (Fsp3) is 0.677. The van der Waals surface area contributed by atoms with Gasteiger partial charge < -0.3 is 30.0 Å². The Morgan fingerprint density at radius 2 is 1.81 bits per heavy atom. The predicted octanol–water partition coefficient (Wildman–Crippen LogP) is 2.76. The van der Waals surface area contributed by atoms with Crippen LogP contribution in [0.15, 0.2) is 23.8 Å². The van der Waals surface area contributed by atoms with Crippen molar-refractivity contribution in [3.05, 3.63) is 29.3 Å². The third kappa shape index (κ3) is 12.5. The number of likely N-dealkylation sites (N-methyl/N-ethyl adjacent to an activating group) is 1. The van der Waals surface area contributed by atoms with Crippen molar-refractivity contribution in [2.45, 2.75) is 91.1 Å². The van der Waals surface area contributed by atoms with Crippen molar-refractivity contribution in [3.63, 3.8) is 0 Å². The van der Waals surface area contributed by atoms with Gasteiger partial charge in [-0.3, -0.25) is 14.4 Å². The molecule has 0 heterocycles. The number of aliphatic hydroxyl groups excluding tert-OH is 1. The Bertz CT molecular complexity index is 1030. The van der Waals surface area contributed by atoms with E-state index in [4.69, 9.17) is 19.0 Å². The zero-order valence-corrected chi connectivity index (χ0v) is 26.7. The summed E-state index contributed by atoms with van der Waals surface area (Å²) in [6.45, 7) is 12.0. The number of hydroxylamine groups is 1. The first-order valence-electron chi connectivity index (χ1n) is 14.5. The van der Waals surface area contributed by atoms with E-state index in [0.29, 0.717) is 30.9 Å². The average Bonchev–Trinajstić information content (AvgIpc) is 2.95. The van der Waals surface area contributed by atoms with Crippen LogP contribution in [-0.2, 0) is 30.4 Å². The van der Waals surface area contributed by atoms with Gasteiger partial charge in [-0.15, -0.1) is 0 Å². The van der Waals surface area contributed by atoms with Gasteiger partial charge in [0.25, 0.3) is 11.8 Å². The van der Waals surface area contributed by atoms with Gasteiger partial charge in [0.1, 0.15) is 12.0 Å². The molecular formula is C31H51N3O8. The van der Waals surface area contributed by atoms with Crippen LogP contribution >= 0.6 is 0 Å². The summed E-state index contributed by atoms with van der Waals surface area (Å²) < 4.78 is 16.4. The lowest BCUT2D eigenvalue weighted by Crippen LogP contribution is -2.50. The number of unbranched alkanes of at least 4 members (excludes halogenated alkanes) is 1. The van der Waals surface area contributed by atoms with Gasteiger partial charge in [-0.1, -0.05) is 33.3 Å². The number of rotatable bonds is 19. The van der Waals surface area contributed by atoms with E-state index >= 15 is 0 Å². The van der Waals surface area contributed by atoms with E-state index in [1.54, 1.807) is 12.0 Å². The molecule has 4 N–H and O–H groups in total. The second-order valence-corrected chi connectivity index (χ2v) is 11.6. The van der Waals surface area contributed by atoms with Gasteiger partial charge in [0.15, 0.2) is 24.2 Å². The Hall–Kier alpha value is -2.95. The van der Waals surface area contributed by atoms with Crippen LogP contribution in [0.3, 0.4) is 0 Å². The lowest BCUT2D eigenvalue weighted by atomic mass is 9.81. The minimum absolute atomic E-state index is 0.00631. The third-order valence-corrected chi connectivity index (χ3v) is 6.78. The molecule has 0 radical (unpaired) electrons. The van der Waals surface area contributed by atoms with Crippen LogP contribution in [0.5, 0.6) is 11.5 Å². The molecule has 0 unspecified atom stereocenters. The second kappa shape index (κ2) is 18.6. The molecule has 0 saturated heterocycles. The first kappa shape index (κ1) is 37.1. The van der Waals surface area contributed by atoms with Gasteiger partial charge in [-0.05, 0) is 69.6 Å². The molecular weight excluding hydrogens is 542 g/mol. The Morgan fingerprint density at radius 1 is 1.12 bits per heavy atom. The summed E-state index contributed by atoms with van der Waals surface area (Å²) in [6, 6.07) is 4.77. The highest BCUT2D eigenvalue weighted by Crippen LogP contribution is 2.32. The lowest BCUT2D eigenvalue weighted by Gasteiger charge is -2.33. The number of hydrogen-bond donors (Lipinski definition) is 4. The Kier molecular flexibility index (Phi) is 16.4. The first-order valence-corrected chi connectivity index (χ1v) is 14.5. The highest BCUT2D eigenvalue weighted by atomic mass is 16.7. The summed E-state index contributed by atoms with van der Waals surface area (Å²) in [5, 5.41) is 16.7. The molecule has 0 fully saturated rings. The number of carbonyl (C=O) groups is 2. The highest BCUT2D eigenvalue weighted by Gasteiger charge is 2.36. The molecule has 11 heteroatoms. The molecule has 42 heavy (non-hydrogen) atoms. The molecule has 0 aromatic heterocycles. The van der Waals surface area contributed by atoms with Crippen molar-refractivity contribution in [1.29, 1.82) is 0 Å². The maximum atomic E-state index is 12.8. The average molecular weight is 594 g/mol. The molecule has 238 valence electrons. The zero-order chi connectivity index (χ0) is 31.9. The fourth-order valence-electron chi connectivity index (χ4n) is 4.23. The lowest BCUT2D eigenvalue weighted by molar-refractivity contribution is -0.131. The molecule has 0 aliphatic carbocycles. The summed E-state index contributed by atoms with van der Waals surface area (Å²) >= 11 is 0. The Labute approximate surface area is 250 Å². The molecule has 4 atom stereocenters. The van der Waals surface area contributed by atoms with Crippen LogP contribution in [-0.4, -0.2) is 81.1 Å². The largest absolute Gasteiger partial charge is 0.493 e. The quantitative estimate of drug-likeness (QED) is 0.108. The second-order valence-electron chi connectivity index (χ2n) is 11.6. The van der Waals surface area contributed by atoms with Crippen molar-refractivity contribution in [3.8, 4) is 11.5 Å². The number of hydrogen-bond acceptors (Lipinski definition) is 9. The van der Waals surface area contributed by atoms with E-state index in [-0.39, 0.29) is 29.9 Å².